The van der Waals surface area contributed by atoms with Crippen molar-refractivity contribution in [2.75, 3.05) is 18.0 Å². The molecule has 1 fully saturated rings. The average molecular weight is 248 g/mol. The molecule has 2 rings (SSSR count). The summed E-state index contributed by atoms with van der Waals surface area (Å²) in [6.45, 7) is 3.52. The fourth-order valence-electron chi connectivity index (χ4n) is 2.31. The van der Waals surface area contributed by atoms with E-state index in [0.29, 0.717) is 6.54 Å². The summed E-state index contributed by atoms with van der Waals surface area (Å²) in [7, 11) is 0. The van der Waals surface area contributed by atoms with Crippen LogP contribution in [0.3, 0.4) is 0 Å². The second-order valence-electron chi connectivity index (χ2n) is 4.92. The van der Waals surface area contributed by atoms with Gasteiger partial charge in [-0.25, -0.2) is 4.98 Å². The van der Waals surface area contributed by atoms with Crippen LogP contribution in [0.5, 0.6) is 0 Å². The van der Waals surface area contributed by atoms with Gasteiger partial charge in [0.25, 0.3) is 0 Å². The Hall–Kier alpha value is -1.62. The van der Waals surface area contributed by atoms with Crippen molar-refractivity contribution in [1.82, 2.24) is 4.98 Å². The monoisotopic (exact) mass is 248 g/mol. The third-order valence-electron chi connectivity index (χ3n) is 3.44. The Morgan fingerprint density at radius 3 is 3.06 bits per heavy atom. The van der Waals surface area contributed by atoms with Crippen LogP contribution in [0.2, 0.25) is 0 Å². The number of nitrogens with two attached hydrogens (primary N) is 2. The van der Waals surface area contributed by atoms with E-state index in [1.807, 2.05) is 19.1 Å². The molecule has 98 valence electrons. The molecule has 1 amide bonds. The van der Waals surface area contributed by atoms with Crippen LogP contribution in [0.25, 0.3) is 0 Å². The highest BCUT2D eigenvalue weighted by atomic mass is 16.1. The summed E-state index contributed by atoms with van der Waals surface area (Å²) in [6.07, 6.45) is 3.61. The molecule has 0 aliphatic carbocycles. The molecule has 0 bridgehead atoms. The van der Waals surface area contributed by atoms with E-state index in [4.69, 9.17) is 11.5 Å². The Balaban J connectivity index is 2.15. The van der Waals surface area contributed by atoms with E-state index >= 15 is 0 Å². The first-order valence-corrected chi connectivity index (χ1v) is 6.33. The molecule has 2 heterocycles. The van der Waals surface area contributed by atoms with Gasteiger partial charge < -0.3 is 16.4 Å². The Morgan fingerprint density at radius 1 is 1.61 bits per heavy atom. The predicted molar refractivity (Wildman–Crippen MR) is 71.0 cm³/mol. The third-order valence-corrected chi connectivity index (χ3v) is 3.44. The number of nitrogens with zero attached hydrogens (tertiary/aromatic N) is 2. The number of rotatable bonds is 3. The summed E-state index contributed by atoms with van der Waals surface area (Å²) >= 11 is 0. The fraction of sp³-hybridized carbons (Fsp3) is 0.538. The van der Waals surface area contributed by atoms with Gasteiger partial charge in [-0.15, -0.1) is 0 Å². The van der Waals surface area contributed by atoms with Gasteiger partial charge >= 0.3 is 0 Å². The number of pyridine rings is 1. The first-order chi connectivity index (χ1) is 8.58. The minimum absolute atomic E-state index is 0.0107. The van der Waals surface area contributed by atoms with Gasteiger partial charge in [-0.1, -0.05) is 0 Å². The predicted octanol–water partition coefficient (Wildman–Crippen LogP) is 0.803. The number of piperidine rings is 1. The van der Waals surface area contributed by atoms with Crippen LogP contribution in [-0.2, 0) is 4.79 Å². The lowest BCUT2D eigenvalue weighted by atomic mass is 9.97. The molecule has 5 nitrogen and oxygen atoms in total. The lowest BCUT2D eigenvalue weighted by Gasteiger charge is -2.32. The zero-order chi connectivity index (χ0) is 13.1. The normalized spacial score (nSPS) is 21.7. The lowest BCUT2D eigenvalue weighted by Crippen LogP contribution is -2.41. The molecule has 1 saturated heterocycles. The average Bonchev–Trinajstić information content (AvgIpc) is 2.39. The molecule has 2 unspecified atom stereocenters. The van der Waals surface area contributed by atoms with E-state index in [2.05, 4.69) is 9.88 Å². The molecule has 1 aromatic heterocycles. The molecule has 0 radical (unpaired) electrons. The molecule has 0 saturated carbocycles. The van der Waals surface area contributed by atoms with E-state index in [-0.39, 0.29) is 17.9 Å². The highest BCUT2D eigenvalue weighted by molar-refractivity contribution is 5.77. The van der Waals surface area contributed by atoms with Gasteiger partial charge in [0.15, 0.2) is 0 Å². The van der Waals surface area contributed by atoms with Gasteiger partial charge in [0.1, 0.15) is 5.82 Å². The van der Waals surface area contributed by atoms with Crippen LogP contribution in [-0.4, -0.2) is 24.0 Å². The first kappa shape index (κ1) is 12.8. The number of aromatic nitrogens is 1. The van der Waals surface area contributed by atoms with Crippen LogP contribution in [0.1, 0.15) is 31.4 Å². The second-order valence-corrected chi connectivity index (χ2v) is 4.92. The van der Waals surface area contributed by atoms with E-state index in [1.165, 1.54) is 0 Å². The van der Waals surface area contributed by atoms with E-state index in [1.54, 1.807) is 6.20 Å². The highest BCUT2D eigenvalue weighted by Crippen LogP contribution is 2.23. The summed E-state index contributed by atoms with van der Waals surface area (Å²) in [5.41, 5.74) is 12.3. The first-order valence-electron chi connectivity index (χ1n) is 6.33. The Bertz CT molecular complexity index is 433. The van der Waals surface area contributed by atoms with Gasteiger partial charge in [0.05, 0.1) is 5.92 Å². The number of carbonyl (C=O) groups is 1. The summed E-state index contributed by atoms with van der Waals surface area (Å²) < 4.78 is 0. The Kier molecular flexibility index (Phi) is 3.81. The maximum absolute atomic E-state index is 11.3. The molecule has 2 atom stereocenters. The van der Waals surface area contributed by atoms with Crippen molar-refractivity contribution < 1.29 is 4.79 Å². The molecule has 5 heteroatoms. The molecule has 1 aliphatic rings. The molecule has 4 N–H and O–H groups in total. The summed E-state index contributed by atoms with van der Waals surface area (Å²) in [6, 6.07) is 3.90. The number of hydrogen-bond acceptors (Lipinski definition) is 4. The van der Waals surface area contributed by atoms with Crippen molar-refractivity contribution in [2.24, 2.45) is 17.4 Å². The van der Waals surface area contributed by atoms with Gasteiger partial charge in [0, 0.05) is 25.3 Å². The fourth-order valence-corrected chi connectivity index (χ4v) is 2.31. The quantitative estimate of drug-likeness (QED) is 0.828. The van der Waals surface area contributed by atoms with E-state index in [0.717, 1.165) is 30.8 Å². The molecule has 0 aromatic carbocycles. The van der Waals surface area contributed by atoms with Crippen molar-refractivity contribution in [3.63, 3.8) is 0 Å². The van der Waals surface area contributed by atoms with Crippen molar-refractivity contribution in [1.29, 1.82) is 0 Å². The maximum Gasteiger partial charge on any atom is 0.222 e. The number of primary amides is 1. The van der Waals surface area contributed by atoms with Crippen LogP contribution < -0.4 is 16.4 Å². The number of carbonyl (C=O) groups excluding carboxylic acids is 1. The van der Waals surface area contributed by atoms with Crippen molar-refractivity contribution in [2.45, 2.75) is 25.8 Å². The van der Waals surface area contributed by atoms with Crippen LogP contribution >= 0.6 is 0 Å². The number of amides is 1. The van der Waals surface area contributed by atoms with Crippen molar-refractivity contribution in [3.8, 4) is 0 Å². The highest BCUT2D eigenvalue weighted by Gasteiger charge is 2.24. The SMILES string of the molecule is CC(N)c1ccnc(N2CCCC(C(N)=O)C2)c1. The van der Waals surface area contributed by atoms with Gasteiger partial charge in [-0.05, 0) is 37.5 Å². The minimum atomic E-state index is -0.219. The van der Waals surface area contributed by atoms with Crippen molar-refractivity contribution >= 4 is 11.7 Å². The summed E-state index contributed by atoms with van der Waals surface area (Å²) in [4.78, 5) is 17.7. The lowest BCUT2D eigenvalue weighted by molar-refractivity contribution is -0.122. The van der Waals surface area contributed by atoms with Crippen molar-refractivity contribution in [3.05, 3.63) is 23.9 Å². The number of hydrogen-bond donors (Lipinski definition) is 2. The molecule has 0 spiro atoms. The summed E-state index contributed by atoms with van der Waals surface area (Å²) in [5.74, 6) is 0.596. The third kappa shape index (κ3) is 2.79. The van der Waals surface area contributed by atoms with Gasteiger partial charge in [0.2, 0.25) is 5.91 Å². The number of anilines is 1. The van der Waals surface area contributed by atoms with Crippen LogP contribution in [0.15, 0.2) is 18.3 Å². The molecular weight excluding hydrogens is 228 g/mol. The maximum atomic E-state index is 11.3. The largest absolute Gasteiger partial charge is 0.369 e. The Labute approximate surface area is 107 Å². The zero-order valence-electron chi connectivity index (χ0n) is 10.7. The topological polar surface area (TPSA) is 85.2 Å². The standard InChI is InChI=1S/C13H20N4O/c1-9(14)10-4-5-16-12(7-10)17-6-2-3-11(8-17)13(15)18/h4-5,7,9,11H,2-3,6,8,14H2,1H3,(H2,15,18). The zero-order valence-corrected chi connectivity index (χ0v) is 10.7. The molecule has 18 heavy (non-hydrogen) atoms. The molecular formula is C13H20N4O. The second kappa shape index (κ2) is 5.35. The van der Waals surface area contributed by atoms with Crippen LogP contribution in [0.4, 0.5) is 5.82 Å². The van der Waals surface area contributed by atoms with Gasteiger partial charge in [-0.3, -0.25) is 4.79 Å². The summed E-state index contributed by atoms with van der Waals surface area (Å²) in [5, 5.41) is 0. The van der Waals surface area contributed by atoms with Crippen LogP contribution in [0, 0.1) is 5.92 Å². The smallest absolute Gasteiger partial charge is 0.222 e. The molecule has 1 aromatic rings. The molecule has 1 aliphatic heterocycles. The van der Waals surface area contributed by atoms with Gasteiger partial charge in [-0.2, -0.15) is 0 Å². The van der Waals surface area contributed by atoms with E-state index in [9.17, 15) is 4.79 Å². The Morgan fingerprint density at radius 2 is 2.39 bits per heavy atom. The van der Waals surface area contributed by atoms with E-state index < -0.39 is 0 Å². The minimum Gasteiger partial charge on any atom is -0.369 e.